The van der Waals surface area contributed by atoms with Crippen molar-refractivity contribution in [3.8, 4) is 0 Å². The predicted octanol–water partition coefficient (Wildman–Crippen LogP) is 2.65. The van der Waals surface area contributed by atoms with E-state index in [2.05, 4.69) is 22.1 Å². The molecule has 1 fully saturated rings. The Balaban J connectivity index is 1.65. The Hall–Kier alpha value is -0.380. The van der Waals surface area contributed by atoms with E-state index < -0.39 is 0 Å². The molecule has 0 aromatic carbocycles. The summed E-state index contributed by atoms with van der Waals surface area (Å²) < 4.78 is 5.14. The summed E-state index contributed by atoms with van der Waals surface area (Å²) in [4.78, 5) is 0. The number of ether oxygens (including phenoxy) is 1. The van der Waals surface area contributed by atoms with Crippen LogP contribution in [0.4, 0.5) is 0 Å². The van der Waals surface area contributed by atoms with Crippen molar-refractivity contribution in [3.05, 3.63) is 22.4 Å². The molecule has 2 rings (SSSR count). The van der Waals surface area contributed by atoms with Crippen LogP contribution in [0.1, 0.15) is 24.8 Å². The van der Waals surface area contributed by atoms with Crippen molar-refractivity contribution in [3.63, 3.8) is 0 Å². The Kier molecular flexibility index (Phi) is 3.78. The first-order chi connectivity index (χ1) is 7.35. The molecule has 1 aromatic heterocycles. The molecule has 0 bridgehead atoms. The van der Waals surface area contributed by atoms with Gasteiger partial charge in [-0.2, -0.15) is 11.3 Å². The van der Waals surface area contributed by atoms with Crippen LogP contribution in [0.25, 0.3) is 0 Å². The summed E-state index contributed by atoms with van der Waals surface area (Å²) in [5.41, 5.74) is 1.97. The first kappa shape index (κ1) is 11.1. The lowest BCUT2D eigenvalue weighted by Gasteiger charge is -2.14. The lowest BCUT2D eigenvalue weighted by atomic mass is 10.0. The minimum absolute atomic E-state index is 0.562. The minimum atomic E-state index is 0.562. The van der Waals surface area contributed by atoms with Crippen LogP contribution in [0.2, 0.25) is 0 Å². The van der Waals surface area contributed by atoms with Crippen molar-refractivity contribution in [2.45, 2.75) is 25.8 Å². The van der Waals surface area contributed by atoms with Gasteiger partial charge in [-0.3, -0.25) is 0 Å². The van der Waals surface area contributed by atoms with Gasteiger partial charge in [0.05, 0.1) is 0 Å². The van der Waals surface area contributed by atoms with E-state index in [9.17, 15) is 0 Å². The number of nitrogens with one attached hydrogen (secondary N) is 1. The zero-order chi connectivity index (χ0) is 10.6. The highest BCUT2D eigenvalue weighted by Crippen LogP contribution is 2.48. The second-order valence-corrected chi connectivity index (χ2v) is 5.26. The van der Waals surface area contributed by atoms with Gasteiger partial charge < -0.3 is 10.1 Å². The van der Waals surface area contributed by atoms with E-state index in [-0.39, 0.29) is 0 Å². The zero-order valence-electron chi connectivity index (χ0n) is 9.29. The third kappa shape index (κ3) is 3.30. The van der Waals surface area contributed by atoms with Gasteiger partial charge in [0.1, 0.15) is 0 Å². The number of hydrogen-bond acceptors (Lipinski definition) is 3. The standard InChI is InChI=1S/C12H19NOS/c1-14-6-5-12(3-4-12)10-13-8-11-2-7-15-9-11/h2,7,9,13H,3-6,8,10H2,1H3. The summed E-state index contributed by atoms with van der Waals surface area (Å²) in [5, 5.41) is 7.89. The Morgan fingerprint density at radius 1 is 1.53 bits per heavy atom. The summed E-state index contributed by atoms with van der Waals surface area (Å²) in [6.45, 7) is 3.06. The summed E-state index contributed by atoms with van der Waals surface area (Å²) in [7, 11) is 1.79. The highest BCUT2D eigenvalue weighted by atomic mass is 32.1. The molecule has 0 saturated heterocycles. The average molecular weight is 225 g/mol. The second kappa shape index (κ2) is 5.10. The fourth-order valence-corrected chi connectivity index (χ4v) is 2.54. The first-order valence-electron chi connectivity index (χ1n) is 5.55. The van der Waals surface area contributed by atoms with Crippen LogP contribution >= 0.6 is 11.3 Å². The van der Waals surface area contributed by atoms with Crippen LogP contribution in [-0.4, -0.2) is 20.3 Å². The van der Waals surface area contributed by atoms with E-state index in [0.717, 1.165) is 19.7 Å². The van der Waals surface area contributed by atoms with Gasteiger partial charge in [-0.05, 0) is 47.1 Å². The van der Waals surface area contributed by atoms with Gasteiger partial charge in [-0.1, -0.05) is 0 Å². The van der Waals surface area contributed by atoms with Gasteiger partial charge in [0.25, 0.3) is 0 Å². The third-order valence-corrected chi connectivity index (χ3v) is 3.93. The molecule has 0 atom stereocenters. The SMILES string of the molecule is COCCC1(CNCc2ccsc2)CC1. The van der Waals surface area contributed by atoms with E-state index in [4.69, 9.17) is 4.74 Å². The monoisotopic (exact) mass is 225 g/mol. The van der Waals surface area contributed by atoms with Crippen molar-refractivity contribution < 1.29 is 4.74 Å². The fourth-order valence-electron chi connectivity index (χ4n) is 1.88. The molecule has 15 heavy (non-hydrogen) atoms. The van der Waals surface area contributed by atoms with Crippen LogP contribution in [0.15, 0.2) is 16.8 Å². The molecule has 1 aliphatic carbocycles. The molecule has 1 heterocycles. The van der Waals surface area contributed by atoms with Gasteiger partial charge in [-0.15, -0.1) is 0 Å². The maximum absolute atomic E-state index is 5.14. The van der Waals surface area contributed by atoms with Gasteiger partial charge >= 0.3 is 0 Å². The van der Waals surface area contributed by atoms with Gasteiger partial charge in [0.2, 0.25) is 0 Å². The lowest BCUT2D eigenvalue weighted by Crippen LogP contribution is -2.24. The molecule has 0 amide bonds. The normalized spacial score (nSPS) is 17.9. The minimum Gasteiger partial charge on any atom is -0.385 e. The quantitative estimate of drug-likeness (QED) is 0.770. The Labute approximate surface area is 95.6 Å². The maximum atomic E-state index is 5.14. The van der Waals surface area contributed by atoms with Crippen molar-refractivity contribution in [1.82, 2.24) is 5.32 Å². The topological polar surface area (TPSA) is 21.3 Å². The zero-order valence-corrected chi connectivity index (χ0v) is 10.1. The summed E-state index contributed by atoms with van der Waals surface area (Å²) in [6.07, 6.45) is 3.94. The van der Waals surface area contributed by atoms with Crippen LogP contribution in [0, 0.1) is 5.41 Å². The van der Waals surface area contributed by atoms with Crippen molar-refractivity contribution in [2.24, 2.45) is 5.41 Å². The Morgan fingerprint density at radius 2 is 2.40 bits per heavy atom. The molecule has 2 nitrogen and oxygen atoms in total. The van der Waals surface area contributed by atoms with Crippen molar-refractivity contribution >= 4 is 11.3 Å². The number of rotatable bonds is 7. The van der Waals surface area contributed by atoms with E-state index in [1.807, 2.05) is 0 Å². The van der Waals surface area contributed by atoms with Crippen LogP contribution in [-0.2, 0) is 11.3 Å². The molecule has 1 N–H and O–H groups in total. The van der Waals surface area contributed by atoms with Crippen molar-refractivity contribution in [1.29, 1.82) is 0 Å². The predicted molar refractivity (Wildman–Crippen MR) is 64.2 cm³/mol. The van der Waals surface area contributed by atoms with E-state index in [1.54, 1.807) is 18.4 Å². The lowest BCUT2D eigenvalue weighted by molar-refractivity contribution is 0.171. The summed E-state index contributed by atoms with van der Waals surface area (Å²) >= 11 is 1.77. The smallest absolute Gasteiger partial charge is 0.0468 e. The highest BCUT2D eigenvalue weighted by molar-refractivity contribution is 7.07. The summed E-state index contributed by atoms with van der Waals surface area (Å²) in [6, 6.07) is 2.19. The summed E-state index contributed by atoms with van der Waals surface area (Å²) in [5.74, 6) is 0. The molecule has 84 valence electrons. The molecular weight excluding hydrogens is 206 g/mol. The Morgan fingerprint density at radius 3 is 3.00 bits per heavy atom. The average Bonchev–Trinajstić information content (AvgIpc) is 2.81. The highest BCUT2D eigenvalue weighted by Gasteiger charge is 2.41. The van der Waals surface area contributed by atoms with E-state index >= 15 is 0 Å². The molecule has 0 radical (unpaired) electrons. The van der Waals surface area contributed by atoms with E-state index in [0.29, 0.717) is 5.41 Å². The molecule has 0 spiro atoms. The molecular formula is C12H19NOS. The second-order valence-electron chi connectivity index (χ2n) is 4.48. The molecule has 3 heteroatoms. The molecule has 0 aliphatic heterocycles. The molecule has 1 aliphatic rings. The molecule has 0 unspecified atom stereocenters. The van der Waals surface area contributed by atoms with E-state index in [1.165, 1.54) is 24.8 Å². The van der Waals surface area contributed by atoms with Gasteiger partial charge in [0, 0.05) is 26.8 Å². The Bertz CT molecular complexity index is 280. The number of methoxy groups -OCH3 is 1. The molecule has 1 saturated carbocycles. The number of hydrogen-bond donors (Lipinski definition) is 1. The van der Waals surface area contributed by atoms with Crippen LogP contribution in [0.5, 0.6) is 0 Å². The van der Waals surface area contributed by atoms with Gasteiger partial charge in [-0.25, -0.2) is 0 Å². The van der Waals surface area contributed by atoms with Crippen molar-refractivity contribution in [2.75, 3.05) is 20.3 Å². The third-order valence-electron chi connectivity index (χ3n) is 3.20. The maximum Gasteiger partial charge on any atom is 0.0468 e. The van der Waals surface area contributed by atoms with Gasteiger partial charge in [0.15, 0.2) is 0 Å². The fraction of sp³-hybridized carbons (Fsp3) is 0.667. The van der Waals surface area contributed by atoms with Crippen LogP contribution in [0.3, 0.4) is 0 Å². The van der Waals surface area contributed by atoms with Crippen LogP contribution < -0.4 is 5.32 Å². The molecule has 1 aromatic rings. The largest absolute Gasteiger partial charge is 0.385 e. The number of thiophene rings is 1. The first-order valence-corrected chi connectivity index (χ1v) is 6.50.